The highest BCUT2D eigenvalue weighted by atomic mass is 35.5. The monoisotopic (exact) mass is 299 g/mol. The summed E-state index contributed by atoms with van der Waals surface area (Å²) >= 11 is 0. The molecule has 0 bridgehead atoms. The van der Waals surface area contributed by atoms with Crippen molar-refractivity contribution in [2.45, 2.75) is 25.8 Å². The molecule has 1 saturated heterocycles. The number of hydrogen-bond acceptors (Lipinski definition) is 5. The molecular weight excluding hydrogens is 278 g/mol. The van der Waals surface area contributed by atoms with E-state index in [9.17, 15) is 4.79 Å². The topological polar surface area (TPSA) is 75.4 Å². The molecule has 1 aromatic rings. The number of aromatic nitrogens is 2. The fourth-order valence-electron chi connectivity index (χ4n) is 2.24. The molecule has 1 aromatic heterocycles. The minimum Gasteiger partial charge on any atom is -0.353 e. The van der Waals surface area contributed by atoms with Gasteiger partial charge in [0.05, 0.1) is 6.04 Å². The Labute approximate surface area is 125 Å². The predicted molar refractivity (Wildman–Crippen MR) is 81.0 cm³/mol. The first kappa shape index (κ1) is 16.7. The van der Waals surface area contributed by atoms with Crippen LogP contribution in [0.15, 0.2) is 18.3 Å². The zero-order valence-corrected chi connectivity index (χ0v) is 12.6. The maximum atomic E-state index is 12.1. The van der Waals surface area contributed by atoms with Crippen molar-refractivity contribution in [3.63, 3.8) is 0 Å². The van der Waals surface area contributed by atoms with E-state index in [0.717, 1.165) is 31.9 Å². The summed E-state index contributed by atoms with van der Waals surface area (Å²) in [5.41, 5.74) is 5.82. The van der Waals surface area contributed by atoms with E-state index in [1.165, 1.54) is 0 Å². The second-order valence-corrected chi connectivity index (χ2v) is 4.76. The van der Waals surface area contributed by atoms with Crippen molar-refractivity contribution in [1.29, 1.82) is 0 Å². The van der Waals surface area contributed by atoms with Gasteiger partial charge >= 0.3 is 0 Å². The molecule has 0 spiro atoms. The fraction of sp³-hybridized carbons (Fsp3) is 0.615. The van der Waals surface area contributed by atoms with Gasteiger partial charge in [-0.05, 0) is 25.0 Å². The van der Waals surface area contributed by atoms with Gasteiger partial charge in [0.1, 0.15) is 0 Å². The molecule has 2 rings (SSSR count). The number of nitrogens with two attached hydrogens (primary N) is 1. The van der Waals surface area contributed by atoms with Gasteiger partial charge in [0.2, 0.25) is 5.91 Å². The van der Waals surface area contributed by atoms with Gasteiger partial charge in [0.15, 0.2) is 5.82 Å². The predicted octanol–water partition coefficient (Wildman–Crippen LogP) is 0.674. The third-order valence-electron chi connectivity index (χ3n) is 3.45. The molecule has 1 aliphatic heterocycles. The van der Waals surface area contributed by atoms with E-state index in [2.05, 4.69) is 15.1 Å². The van der Waals surface area contributed by atoms with Crippen LogP contribution in [-0.2, 0) is 4.79 Å². The SMILES string of the molecule is CCC(N)C(=O)N1CCCN(c2cccnn2)CC1.Cl. The fourth-order valence-corrected chi connectivity index (χ4v) is 2.24. The highest BCUT2D eigenvalue weighted by Crippen LogP contribution is 2.12. The number of amides is 1. The first-order valence-electron chi connectivity index (χ1n) is 6.79. The average molecular weight is 300 g/mol. The molecule has 1 amide bonds. The summed E-state index contributed by atoms with van der Waals surface area (Å²) < 4.78 is 0. The number of rotatable bonds is 3. The smallest absolute Gasteiger partial charge is 0.239 e. The maximum absolute atomic E-state index is 12.1. The Balaban J connectivity index is 0.00000200. The number of carbonyl (C=O) groups excluding carboxylic acids is 1. The molecule has 2 heterocycles. The quantitative estimate of drug-likeness (QED) is 0.888. The molecule has 20 heavy (non-hydrogen) atoms. The van der Waals surface area contributed by atoms with Gasteiger partial charge in [-0.3, -0.25) is 4.79 Å². The Bertz CT molecular complexity index is 416. The molecular formula is C13H22ClN5O. The highest BCUT2D eigenvalue weighted by molar-refractivity contribution is 5.85. The lowest BCUT2D eigenvalue weighted by molar-refractivity contribution is -0.132. The zero-order chi connectivity index (χ0) is 13.7. The standard InChI is InChI=1S/C13H21N5O.ClH/c1-2-11(14)13(19)18-8-4-7-17(9-10-18)12-5-3-6-15-16-12;/h3,5-6,11H,2,4,7-10,14H2,1H3;1H. The van der Waals surface area contributed by atoms with Gasteiger partial charge < -0.3 is 15.5 Å². The lowest BCUT2D eigenvalue weighted by Crippen LogP contribution is -2.45. The van der Waals surface area contributed by atoms with E-state index in [-0.39, 0.29) is 24.4 Å². The summed E-state index contributed by atoms with van der Waals surface area (Å²) in [6, 6.07) is 3.45. The summed E-state index contributed by atoms with van der Waals surface area (Å²) in [5.74, 6) is 0.931. The highest BCUT2D eigenvalue weighted by Gasteiger charge is 2.23. The van der Waals surface area contributed by atoms with Crippen molar-refractivity contribution in [1.82, 2.24) is 15.1 Å². The van der Waals surface area contributed by atoms with Crippen molar-refractivity contribution < 1.29 is 4.79 Å². The molecule has 1 atom stereocenters. The van der Waals surface area contributed by atoms with E-state index in [0.29, 0.717) is 13.0 Å². The molecule has 6 nitrogen and oxygen atoms in total. The Morgan fingerprint density at radius 2 is 2.20 bits per heavy atom. The minimum absolute atomic E-state index is 0. The molecule has 1 unspecified atom stereocenters. The van der Waals surface area contributed by atoms with Crippen LogP contribution in [0.2, 0.25) is 0 Å². The van der Waals surface area contributed by atoms with Crippen LogP contribution in [0.4, 0.5) is 5.82 Å². The van der Waals surface area contributed by atoms with E-state index in [1.807, 2.05) is 24.0 Å². The summed E-state index contributed by atoms with van der Waals surface area (Å²) in [4.78, 5) is 16.1. The van der Waals surface area contributed by atoms with Gasteiger partial charge in [-0.25, -0.2) is 0 Å². The van der Waals surface area contributed by atoms with Crippen molar-refractivity contribution in [3.05, 3.63) is 18.3 Å². The van der Waals surface area contributed by atoms with Crippen LogP contribution in [-0.4, -0.2) is 53.2 Å². The van der Waals surface area contributed by atoms with E-state index >= 15 is 0 Å². The van der Waals surface area contributed by atoms with Crippen LogP contribution >= 0.6 is 12.4 Å². The molecule has 0 radical (unpaired) electrons. The van der Waals surface area contributed by atoms with Gasteiger partial charge in [-0.2, -0.15) is 5.10 Å². The summed E-state index contributed by atoms with van der Waals surface area (Å²) in [7, 11) is 0. The third kappa shape index (κ3) is 4.05. The van der Waals surface area contributed by atoms with Crippen LogP contribution in [0.5, 0.6) is 0 Å². The van der Waals surface area contributed by atoms with E-state index in [1.54, 1.807) is 6.20 Å². The Morgan fingerprint density at radius 3 is 2.85 bits per heavy atom. The average Bonchev–Trinajstić information content (AvgIpc) is 2.72. The van der Waals surface area contributed by atoms with Crippen molar-refractivity contribution >= 4 is 24.1 Å². The number of carbonyl (C=O) groups is 1. The molecule has 7 heteroatoms. The van der Waals surface area contributed by atoms with Crippen LogP contribution < -0.4 is 10.6 Å². The molecule has 0 aliphatic carbocycles. The van der Waals surface area contributed by atoms with Crippen LogP contribution in [0, 0.1) is 0 Å². The largest absolute Gasteiger partial charge is 0.353 e. The van der Waals surface area contributed by atoms with Crippen molar-refractivity contribution in [2.24, 2.45) is 5.73 Å². The van der Waals surface area contributed by atoms with Crippen LogP contribution in [0.3, 0.4) is 0 Å². The second-order valence-electron chi connectivity index (χ2n) is 4.76. The lowest BCUT2D eigenvalue weighted by Gasteiger charge is -2.24. The molecule has 1 fully saturated rings. The Hall–Kier alpha value is -1.40. The lowest BCUT2D eigenvalue weighted by atomic mass is 10.2. The second kappa shape index (κ2) is 8.01. The normalized spacial score (nSPS) is 17.1. The van der Waals surface area contributed by atoms with Crippen molar-refractivity contribution in [3.8, 4) is 0 Å². The van der Waals surface area contributed by atoms with Crippen LogP contribution in [0.25, 0.3) is 0 Å². The summed E-state index contributed by atoms with van der Waals surface area (Å²) in [6.45, 7) is 5.07. The van der Waals surface area contributed by atoms with Crippen molar-refractivity contribution in [2.75, 3.05) is 31.1 Å². The van der Waals surface area contributed by atoms with Crippen LogP contribution in [0.1, 0.15) is 19.8 Å². The molecule has 0 saturated carbocycles. The number of hydrogen-bond donors (Lipinski definition) is 1. The maximum Gasteiger partial charge on any atom is 0.239 e. The van der Waals surface area contributed by atoms with Gasteiger partial charge in [0, 0.05) is 32.4 Å². The Kier molecular flexibility index (Phi) is 6.67. The first-order chi connectivity index (χ1) is 9.22. The molecule has 0 aromatic carbocycles. The molecule has 112 valence electrons. The molecule has 1 aliphatic rings. The summed E-state index contributed by atoms with van der Waals surface area (Å²) in [5, 5.41) is 8.01. The van der Waals surface area contributed by atoms with Gasteiger partial charge in [0.25, 0.3) is 0 Å². The zero-order valence-electron chi connectivity index (χ0n) is 11.7. The summed E-state index contributed by atoms with van der Waals surface area (Å²) in [6.07, 6.45) is 3.28. The van der Waals surface area contributed by atoms with E-state index < -0.39 is 0 Å². The number of nitrogens with zero attached hydrogens (tertiary/aromatic N) is 4. The number of anilines is 1. The first-order valence-corrected chi connectivity index (χ1v) is 6.79. The molecule has 2 N–H and O–H groups in total. The Morgan fingerprint density at radius 1 is 1.40 bits per heavy atom. The van der Waals surface area contributed by atoms with Gasteiger partial charge in [-0.1, -0.05) is 6.92 Å². The minimum atomic E-state index is -0.372. The third-order valence-corrected chi connectivity index (χ3v) is 3.45. The van der Waals surface area contributed by atoms with Gasteiger partial charge in [-0.15, -0.1) is 17.5 Å². The number of halogens is 1. The van der Waals surface area contributed by atoms with E-state index in [4.69, 9.17) is 5.73 Å².